The van der Waals surface area contributed by atoms with Crippen LogP contribution in [0.2, 0.25) is 0 Å². The third-order valence-electron chi connectivity index (χ3n) is 7.57. The molecule has 1 unspecified atom stereocenters. The van der Waals surface area contributed by atoms with Crippen molar-refractivity contribution in [3.05, 3.63) is 29.3 Å². The molecule has 1 saturated carbocycles. The zero-order chi connectivity index (χ0) is 24.6. The van der Waals surface area contributed by atoms with Gasteiger partial charge in [-0.15, -0.1) is 0 Å². The number of ether oxygens (including phenoxy) is 2. The smallest absolute Gasteiger partial charge is 0.255 e. The molecule has 1 aromatic carbocycles. The molecule has 0 bridgehead atoms. The van der Waals surface area contributed by atoms with Gasteiger partial charge in [-0.3, -0.25) is 19.7 Å². The number of rotatable bonds is 12. The van der Waals surface area contributed by atoms with Gasteiger partial charge in [0.15, 0.2) is 0 Å². The second kappa shape index (κ2) is 12.5. The Bertz CT molecular complexity index is 897. The van der Waals surface area contributed by atoms with E-state index in [1.54, 1.807) is 11.0 Å². The number of hydrogen-bond acceptors (Lipinski definition) is 6. The van der Waals surface area contributed by atoms with Crippen LogP contribution < -0.4 is 15.4 Å². The number of nitrogens with one attached hydrogen (secondary N) is 2. The van der Waals surface area contributed by atoms with Crippen molar-refractivity contribution in [3.8, 4) is 5.75 Å². The largest absolute Gasteiger partial charge is 0.494 e. The Kier molecular flexibility index (Phi) is 9.15. The van der Waals surface area contributed by atoms with Crippen molar-refractivity contribution in [2.45, 2.75) is 82.9 Å². The zero-order valence-electron chi connectivity index (χ0n) is 20.9. The molecular formula is C27H39N3O5. The van der Waals surface area contributed by atoms with E-state index in [2.05, 4.69) is 10.6 Å². The molecule has 8 nitrogen and oxygen atoms in total. The van der Waals surface area contributed by atoms with Gasteiger partial charge in [0, 0.05) is 25.6 Å². The van der Waals surface area contributed by atoms with E-state index in [0.717, 1.165) is 43.2 Å². The third-order valence-corrected chi connectivity index (χ3v) is 7.57. The number of imide groups is 1. The van der Waals surface area contributed by atoms with E-state index in [-0.39, 0.29) is 24.1 Å². The van der Waals surface area contributed by atoms with Gasteiger partial charge in [0.25, 0.3) is 5.91 Å². The van der Waals surface area contributed by atoms with Crippen LogP contribution in [0.15, 0.2) is 18.2 Å². The van der Waals surface area contributed by atoms with Gasteiger partial charge in [0.05, 0.1) is 12.7 Å². The lowest BCUT2D eigenvalue weighted by Gasteiger charge is -2.29. The fraction of sp³-hybridized carbons (Fsp3) is 0.667. The maximum Gasteiger partial charge on any atom is 0.255 e. The molecule has 1 aliphatic carbocycles. The first-order chi connectivity index (χ1) is 17.0. The molecule has 3 aliphatic rings. The van der Waals surface area contributed by atoms with Gasteiger partial charge in [-0.05, 0) is 87.7 Å². The van der Waals surface area contributed by atoms with E-state index in [0.29, 0.717) is 31.2 Å². The van der Waals surface area contributed by atoms with E-state index in [1.807, 2.05) is 19.2 Å². The topological polar surface area (TPSA) is 97.0 Å². The number of nitrogens with zero attached hydrogens (tertiary/aromatic N) is 1. The minimum atomic E-state index is -0.586. The molecule has 0 aromatic heterocycles. The van der Waals surface area contributed by atoms with Crippen LogP contribution in [0, 0.1) is 5.92 Å². The molecule has 2 fully saturated rings. The molecule has 2 heterocycles. The summed E-state index contributed by atoms with van der Waals surface area (Å²) >= 11 is 0. The molecule has 1 aromatic rings. The quantitative estimate of drug-likeness (QED) is 0.349. The number of fused-ring (bicyclic) bond motifs is 1. The highest BCUT2D eigenvalue weighted by Gasteiger charge is 2.39. The highest BCUT2D eigenvalue weighted by molar-refractivity contribution is 6.05. The second-order valence-electron chi connectivity index (χ2n) is 10.1. The molecular weight excluding hydrogens is 446 g/mol. The molecule has 8 heteroatoms. The van der Waals surface area contributed by atoms with Crippen molar-refractivity contribution in [1.82, 2.24) is 15.5 Å². The minimum Gasteiger partial charge on any atom is -0.494 e. The molecule has 0 radical (unpaired) electrons. The van der Waals surface area contributed by atoms with Gasteiger partial charge in [-0.2, -0.15) is 0 Å². The normalized spacial score (nSPS) is 24.4. The van der Waals surface area contributed by atoms with Gasteiger partial charge >= 0.3 is 0 Å². The van der Waals surface area contributed by atoms with E-state index < -0.39 is 6.04 Å². The maximum absolute atomic E-state index is 12.8. The summed E-state index contributed by atoms with van der Waals surface area (Å²) in [6.07, 6.45) is 10.5. The van der Waals surface area contributed by atoms with Gasteiger partial charge in [-0.25, -0.2) is 0 Å². The number of methoxy groups -OCH3 is 1. The van der Waals surface area contributed by atoms with Gasteiger partial charge < -0.3 is 19.7 Å². The second-order valence-corrected chi connectivity index (χ2v) is 10.1. The molecule has 3 amide bonds. The fourth-order valence-electron chi connectivity index (χ4n) is 5.41. The third kappa shape index (κ3) is 6.82. The number of hydrogen-bond donors (Lipinski definition) is 2. The van der Waals surface area contributed by atoms with Crippen LogP contribution in [0.3, 0.4) is 0 Å². The SMILES string of the molecule is CO[C@H]1CC[C@H](CNCCCCCCOc2ccc3c(c2)CN(C2CCC(=O)NC2=O)C3=O)CC1. The first-order valence-electron chi connectivity index (χ1n) is 13.2. The summed E-state index contributed by atoms with van der Waals surface area (Å²) in [5.41, 5.74) is 1.49. The zero-order valence-corrected chi connectivity index (χ0v) is 20.9. The van der Waals surface area contributed by atoms with Crippen LogP contribution in [0.25, 0.3) is 0 Å². The lowest BCUT2D eigenvalue weighted by atomic mass is 9.87. The van der Waals surface area contributed by atoms with E-state index in [9.17, 15) is 14.4 Å². The molecule has 1 saturated heterocycles. The van der Waals surface area contributed by atoms with Gasteiger partial charge in [-0.1, -0.05) is 12.8 Å². The summed E-state index contributed by atoms with van der Waals surface area (Å²) in [6.45, 7) is 3.23. The summed E-state index contributed by atoms with van der Waals surface area (Å²) in [6, 6.07) is 4.93. The van der Waals surface area contributed by atoms with Crippen molar-refractivity contribution >= 4 is 17.7 Å². The fourth-order valence-corrected chi connectivity index (χ4v) is 5.41. The van der Waals surface area contributed by atoms with Crippen LogP contribution in [0.4, 0.5) is 0 Å². The first kappa shape index (κ1) is 25.6. The van der Waals surface area contributed by atoms with Crippen LogP contribution in [0.1, 0.15) is 80.1 Å². The molecule has 35 heavy (non-hydrogen) atoms. The summed E-state index contributed by atoms with van der Waals surface area (Å²) in [7, 11) is 1.82. The molecule has 2 aliphatic heterocycles. The predicted octanol–water partition coefficient (Wildman–Crippen LogP) is 3.18. The maximum atomic E-state index is 12.8. The van der Waals surface area contributed by atoms with Crippen LogP contribution in [0.5, 0.6) is 5.75 Å². The minimum absolute atomic E-state index is 0.155. The summed E-state index contributed by atoms with van der Waals surface area (Å²) in [5, 5.41) is 5.95. The number of amides is 3. The predicted molar refractivity (Wildman–Crippen MR) is 132 cm³/mol. The Labute approximate surface area is 208 Å². The Hall–Kier alpha value is -2.45. The first-order valence-corrected chi connectivity index (χ1v) is 13.2. The van der Waals surface area contributed by atoms with E-state index in [4.69, 9.17) is 9.47 Å². The molecule has 2 N–H and O–H groups in total. The van der Waals surface area contributed by atoms with E-state index in [1.165, 1.54) is 38.5 Å². The summed E-state index contributed by atoms with van der Waals surface area (Å²) in [4.78, 5) is 37.9. The number of piperidine rings is 1. The van der Waals surface area contributed by atoms with Crippen molar-refractivity contribution in [2.24, 2.45) is 5.92 Å². The number of unbranched alkanes of at least 4 members (excludes halogenated alkanes) is 3. The van der Waals surface area contributed by atoms with Crippen molar-refractivity contribution in [2.75, 3.05) is 26.8 Å². The van der Waals surface area contributed by atoms with Gasteiger partial charge in [0.1, 0.15) is 11.8 Å². The van der Waals surface area contributed by atoms with Gasteiger partial charge in [0.2, 0.25) is 11.8 Å². The lowest BCUT2D eigenvalue weighted by Crippen LogP contribution is -2.52. The Morgan fingerprint density at radius 1 is 1.03 bits per heavy atom. The van der Waals surface area contributed by atoms with E-state index >= 15 is 0 Å². The van der Waals surface area contributed by atoms with Crippen molar-refractivity contribution in [1.29, 1.82) is 0 Å². The monoisotopic (exact) mass is 485 g/mol. The Morgan fingerprint density at radius 2 is 1.83 bits per heavy atom. The molecule has 4 rings (SSSR count). The van der Waals surface area contributed by atoms with Crippen LogP contribution >= 0.6 is 0 Å². The molecule has 0 spiro atoms. The van der Waals surface area contributed by atoms with Crippen LogP contribution in [-0.4, -0.2) is 61.6 Å². The van der Waals surface area contributed by atoms with Crippen molar-refractivity contribution < 1.29 is 23.9 Å². The number of carbonyl (C=O) groups is 3. The highest BCUT2D eigenvalue weighted by Crippen LogP contribution is 2.30. The highest BCUT2D eigenvalue weighted by atomic mass is 16.5. The average molecular weight is 486 g/mol. The Morgan fingerprint density at radius 3 is 2.60 bits per heavy atom. The summed E-state index contributed by atoms with van der Waals surface area (Å²) < 4.78 is 11.4. The summed E-state index contributed by atoms with van der Waals surface area (Å²) in [5.74, 6) is 0.739. The number of benzene rings is 1. The average Bonchev–Trinajstić information content (AvgIpc) is 3.18. The lowest BCUT2D eigenvalue weighted by molar-refractivity contribution is -0.136. The standard InChI is InChI=1S/C27H39N3O5/c1-34-21-8-6-19(7-9-21)17-28-14-4-2-3-5-15-35-22-10-11-23-20(16-22)18-30(27(23)33)24-12-13-25(31)29-26(24)32/h10-11,16,19,21,24,28H,2-9,12-15,17-18H2,1H3,(H,29,31,32)/t19-,21-,24?. The molecule has 192 valence electrons. The molecule has 1 atom stereocenters. The Balaban J connectivity index is 1.09. The van der Waals surface area contributed by atoms with Crippen molar-refractivity contribution in [3.63, 3.8) is 0 Å². The number of carbonyl (C=O) groups excluding carboxylic acids is 3. The van der Waals surface area contributed by atoms with Crippen LogP contribution in [-0.2, 0) is 20.9 Å².